The van der Waals surface area contributed by atoms with Crippen LogP contribution >= 0.6 is 11.3 Å². The quantitative estimate of drug-likeness (QED) is 0.855. The van der Waals surface area contributed by atoms with E-state index in [0.29, 0.717) is 6.54 Å². The lowest BCUT2D eigenvalue weighted by Gasteiger charge is -2.30. The average Bonchev–Trinajstić information content (AvgIpc) is 3.13. The molecule has 1 aromatic heterocycles. The molecule has 0 bridgehead atoms. The van der Waals surface area contributed by atoms with Crippen molar-refractivity contribution in [3.63, 3.8) is 0 Å². The highest BCUT2D eigenvalue weighted by molar-refractivity contribution is 7.10. The summed E-state index contributed by atoms with van der Waals surface area (Å²) in [4.78, 5) is 18.4. The number of amides is 1. The van der Waals surface area contributed by atoms with Gasteiger partial charge in [-0.25, -0.2) is 4.98 Å². The number of aromatic nitrogens is 1. The fraction of sp³-hybridized carbons (Fsp3) is 0.294. The van der Waals surface area contributed by atoms with Crippen molar-refractivity contribution in [2.75, 3.05) is 31.2 Å². The van der Waals surface area contributed by atoms with E-state index in [-0.39, 0.29) is 5.91 Å². The molecule has 6 heteroatoms. The molecular formula is C17H19N3O2S. The van der Waals surface area contributed by atoms with E-state index >= 15 is 0 Å². The van der Waals surface area contributed by atoms with Gasteiger partial charge in [-0.2, -0.15) is 0 Å². The Labute approximate surface area is 139 Å². The molecule has 1 fully saturated rings. The van der Waals surface area contributed by atoms with Gasteiger partial charge in [0.15, 0.2) is 0 Å². The van der Waals surface area contributed by atoms with E-state index in [0.717, 1.165) is 36.9 Å². The van der Waals surface area contributed by atoms with Crippen LogP contribution in [0.2, 0.25) is 0 Å². The van der Waals surface area contributed by atoms with Crippen LogP contribution in [0.1, 0.15) is 10.6 Å². The number of nitrogens with one attached hydrogen (secondary N) is 1. The summed E-state index contributed by atoms with van der Waals surface area (Å²) in [6.45, 7) is 3.77. The van der Waals surface area contributed by atoms with Crippen LogP contribution < -0.4 is 10.2 Å². The van der Waals surface area contributed by atoms with Crippen LogP contribution in [0.25, 0.3) is 6.08 Å². The zero-order chi connectivity index (χ0) is 15.9. The Morgan fingerprint density at radius 3 is 2.96 bits per heavy atom. The summed E-state index contributed by atoms with van der Waals surface area (Å²) in [5.41, 5.74) is 2.28. The van der Waals surface area contributed by atoms with Gasteiger partial charge in [0.25, 0.3) is 0 Å². The van der Waals surface area contributed by atoms with Gasteiger partial charge >= 0.3 is 0 Å². The standard InChI is InChI=1S/C17H19N3O2S/c21-16(5-6-17-18-7-12-23-17)19-13-14-3-1-2-4-15(14)20-8-10-22-11-9-20/h1-7,12H,8-11,13H2,(H,19,21)/b6-5+. The molecule has 1 saturated heterocycles. The lowest BCUT2D eigenvalue weighted by atomic mass is 10.1. The van der Waals surface area contributed by atoms with Crippen molar-refractivity contribution in [1.29, 1.82) is 0 Å². The van der Waals surface area contributed by atoms with E-state index in [9.17, 15) is 4.79 Å². The molecule has 0 unspecified atom stereocenters. The predicted molar refractivity (Wildman–Crippen MR) is 92.5 cm³/mol. The van der Waals surface area contributed by atoms with Crippen LogP contribution in [0.4, 0.5) is 5.69 Å². The second kappa shape index (κ2) is 7.89. The molecular weight excluding hydrogens is 310 g/mol. The topological polar surface area (TPSA) is 54.5 Å². The van der Waals surface area contributed by atoms with Crippen molar-refractivity contribution in [3.8, 4) is 0 Å². The fourth-order valence-corrected chi connectivity index (χ4v) is 3.01. The number of carbonyl (C=O) groups is 1. The van der Waals surface area contributed by atoms with Gasteiger partial charge in [0.2, 0.25) is 5.91 Å². The number of rotatable bonds is 5. The largest absolute Gasteiger partial charge is 0.378 e. The van der Waals surface area contributed by atoms with Crippen LogP contribution in [-0.4, -0.2) is 37.2 Å². The molecule has 1 N–H and O–H groups in total. The van der Waals surface area contributed by atoms with Gasteiger partial charge in [-0.15, -0.1) is 11.3 Å². The van der Waals surface area contributed by atoms with Crippen LogP contribution in [0.15, 0.2) is 41.9 Å². The first-order valence-corrected chi connectivity index (χ1v) is 8.47. The summed E-state index contributed by atoms with van der Waals surface area (Å²) in [5, 5.41) is 5.65. The van der Waals surface area contributed by atoms with Crippen molar-refractivity contribution in [2.24, 2.45) is 0 Å². The van der Waals surface area contributed by atoms with Gasteiger partial charge in [0.05, 0.1) is 13.2 Å². The number of morpholine rings is 1. The van der Waals surface area contributed by atoms with E-state index in [2.05, 4.69) is 27.3 Å². The van der Waals surface area contributed by atoms with Gasteiger partial charge in [0, 0.05) is 43.0 Å². The third kappa shape index (κ3) is 4.40. The maximum atomic E-state index is 11.9. The molecule has 2 heterocycles. The van der Waals surface area contributed by atoms with Crippen molar-refractivity contribution in [1.82, 2.24) is 10.3 Å². The van der Waals surface area contributed by atoms with Crippen molar-refractivity contribution in [2.45, 2.75) is 6.54 Å². The Bertz CT molecular complexity index is 664. The Morgan fingerprint density at radius 1 is 1.35 bits per heavy atom. The van der Waals surface area contributed by atoms with Crippen molar-refractivity contribution >= 4 is 29.0 Å². The zero-order valence-corrected chi connectivity index (χ0v) is 13.6. The maximum Gasteiger partial charge on any atom is 0.244 e. The molecule has 0 saturated carbocycles. The number of hydrogen-bond acceptors (Lipinski definition) is 5. The van der Waals surface area contributed by atoms with Gasteiger partial charge in [0.1, 0.15) is 5.01 Å². The molecule has 120 valence electrons. The molecule has 0 atom stereocenters. The highest BCUT2D eigenvalue weighted by Crippen LogP contribution is 2.21. The summed E-state index contributed by atoms with van der Waals surface area (Å²) in [6.07, 6.45) is 4.98. The smallest absolute Gasteiger partial charge is 0.244 e. The van der Waals surface area contributed by atoms with Gasteiger partial charge in [-0.1, -0.05) is 18.2 Å². The van der Waals surface area contributed by atoms with Crippen LogP contribution in [0.3, 0.4) is 0 Å². The van der Waals surface area contributed by atoms with E-state index in [4.69, 9.17) is 4.74 Å². The molecule has 1 aliphatic heterocycles. The number of benzene rings is 1. The summed E-state index contributed by atoms with van der Waals surface area (Å²) in [7, 11) is 0. The monoisotopic (exact) mass is 329 g/mol. The second-order valence-corrected chi connectivity index (χ2v) is 6.08. The van der Waals surface area contributed by atoms with Crippen molar-refractivity contribution in [3.05, 3.63) is 52.5 Å². The molecule has 0 spiro atoms. The lowest BCUT2D eigenvalue weighted by molar-refractivity contribution is -0.116. The highest BCUT2D eigenvalue weighted by Gasteiger charge is 2.14. The number of nitrogens with zero attached hydrogens (tertiary/aromatic N) is 2. The summed E-state index contributed by atoms with van der Waals surface area (Å²) in [6, 6.07) is 8.17. The third-order valence-corrected chi connectivity index (χ3v) is 4.37. The number of thiazole rings is 1. The Hall–Kier alpha value is -2.18. The highest BCUT2D eigenvalue weighted by atomic mass is 32.1. The minimum atomic E-state index is -0.114. The fourth-order valence-electron chi connectivity index (χ4n) is 2.48. The Balaban J connectivity index is 1.60. The first-order chi connectivity index (χ1) is 11.3. The molecule has 1 aliphatic rings. The first kappa shape index (κ1) is 15.7. The van der Waals surface area contributed by atoms with Gasteiger partial charge < -0.3 is 15.0 Å². The number of hydrogen-bond donors (Lipinski definition) is 1. The molecule has 1 aromatic carbocycles. The summed E-state index contributed by atoms with van der Waals surface area (Å²) < 4.78 is 5.40. The molecule has 23 heavy (non-hydrogen) atoms. The van der Waals surface area contributed by atoms with E-state index < -0.39 is 0 Å². The average molecular weight is 329 g/mol. The van der Waals surface area contributed by atoms with E-state index in [1.54, 1.807) is 12.3 Å². The molecule has 1 amide bonds. The Morgan fingerprint density at radius 2 is 2.17 bits per heavy atom. The number of carbonyl (C=O) groups excluding carboxylic acids is 1. The third-order valence-electron chi connectivity index (χ3n) is 3.63. The number of anilines is 1. The minimum Gasteiger partial charge on any atom is -0.378 e. The van der Waals surface area contributed by atoms with E-state index in [1.807, 2.05) is 17.5 Å². The van der Waals surface area contributed by atoms with E-state index in [1.165, 1.54) is 23.1 Å². The number of para-hydroxylation sites is 1. The minimum absolute atomic E-state index is 0.114. The van der Waals surface area contributed by atoms with Gasteiger partial charge in [-0.3, -0.25) is 4.79 Å². The van der Waals surface area contributed by atoms with Crippen LogP contribution in [0, 0.1) is 0 Å². The second-order valence-electron chi connectivity index (χ2n) is 5.15. The zero-order valence-electron chi connectivity index (χ0n) is 12.8. The van der Waals surface area contributed by atoms with Crippen LogP contribution in [-0.2, 0) is 16.1 Å². The molecule has 0 radical (unpaired) electrons. The molecule has 2 aromatic rings. The predicted octanol–water partition coefficient (Wildman–Crippen LogP) is 2.31. The number of ether oxygens (including phenoxy) is 1. The first-order valence-electron chi connectivity index (χ1n) is 7.59. The summed E-state index contributed by atoms with van der Waals surface area (Å²) in [5.74, 6) is -0.114. The van der Waals surface area contributed by atoms with Gasteiger partial charge in [-0.05, 0) is 17.7 Å². The van der Waals surface area contributed by atoms with Crippen LogP contribution in [0.5, 0.6) is 0 Å². The molecule has 3 rings (SSSR count). The summed E-state index contributed by atoms with van der Waals surface area (Å²) >= 11 is 1.50. The maximum absolute atomic E-state index is 11.9. The SMILES string of the molecule is O=C(/C=C/c1nccs1)NCc1ccccc1N1CCOCC1. The lowest BCUT2D eigenvalue weighted by Crippen LogP contribution is -2.37. The molecule has 5 nitrogen and oxygen atoms in total. The normalized spacial score (nSPS) is 15.0. The Kier molecular flexibility index (Phi) is 5.39. The molecule has 0 aliphatic carbocycles. The van der Waals surface area contributed by atoms with Crippen molar-refractivity contribution < 1.29 is 9.53 Å².